The smallest absolute Gasteiger partial charge is 0.251 e. The molecule has 1 heterocycles. The second kappa shape index (κ2) is 8.05. The van der Waals surface area contributed by atoms with Gasteiger partial charge in [0.2, 0.25) is 0 Å². The summed E-state index contributed by atoms with van der Waals surface area (Å²) < 4.78 is 6.01. The van der Waals surface area contributed by atoms with Crippen LogP contribution >= 0.6 is 0 Å². The average Bonchev–Trinajstić information content (AvgIpc) is 2.58. The van der Waals surface area contributed by atoms with Gasteiger partial charge in [-0.25, -0.2) is 0 Å². The van der Waals surface area contributed by atoms with Gasteiger partial charge in [-0.05, 0) is 6.07 Å². The second-order valence-corrected chi connectivity index (χ2v) is 4.86. The molecule has 0 bridgehead atoms. The third kappa shape index (κ3) is 4.14. The number of aromatic nitrogens is 1. The second-order valence-electron chi connectivity index (χ2n) is 4.86. The number of ether oxygens (including phenoxy) is 1. The Balaban J connectivity index is 2.36. The summed E-state index contributed by atoms with van der Waals surface area (Å²) in [6.07, 6.45) is 1.43. The number of ketones is 1. The number of pyridine rings is 1. The van der Waals surface area contributed by atoms with Crippen molar-refractivity contribution in [2.24, 2.45) is 0 Å². The van der Waals surface area contributed by atoms with Gasteiger partial charge in [-0.3, -0.25) is 19.0 Å². The third-order valence-corrected chi connectivity index (χ3v) is 3.29. The van der Waals surface area contributed by atoms with Crippen molar-refractivity contribution in [3.63, 3.8) is 0 Å². The standard InChI is InChI=1S/C17H18N2O4/c1-23-12-10-18-17(22)15(19-11-6-5-9-14(19)20)16(21)13-7-3-2-4-8-13/h2-9,11,15H,10,12H2,1H3,(H,18,22)/t15-/m0/s1. The maximum atomic E-state index is 12.7. The fourth-order valence-electron chi connectivity index (χ4n) is 2.16. The molecule has 1 aromatic carbocycles. The first-order chi connectivity index (χ1) is 11.1. The Kier molecular flexibility index (Phi) is 5.82. The highest BCUT2D eigenvalue weighted by molar-refractivity contribution is 6.11. The van der Waals surface area contributed by atoms with E-state index in [4.69, 9.17) is 4.74 Å². The lowest BCUT2D eigenvalue weighted by molar-refractivity contribution is -0.123. The zero-order chi connectivity index (χ0) is 16.7. The number of amides is 1. The molecule has 120 valence electrons. The first kappa shape index (κ1) is 16.6. The molecule has 6 nitrogen and oxygen atoms in total. The predicted molar refractivity (Wildman–Crippen MR) is 85.4 cm³/mol. The molecule has 2 rings (SSSR count). The monoisotopic (exact) mass is 314 g/mol. The highest BCUT2D eigenvalue weighted by atomic mass is 16.5. The summed E-state index contributed by atoms with van der Waals surface area (Å²) in [5.41, 5.74) is -0.0428. The summed E-state index contributed by atoms with van der Waals surface area (Å²) in [6, 6.07) is 11.7. The van der Waals surface area contributed by atoms with E-state index in [1.807, 2.05) is 0 Å². The van der Waals surface area contributed by atoms with Gasteiger partial charge in [-0.2, -0.15) is 0 Å². The Morgan fingerprint density at radius 1 is 1.13 bits per heavy atom. The molecule has 0 aliphatic heterocycles. The topological polar surface area (TPSA) is 77.4 Å². The van der Waals surface area contributed by atoms with Gasteiger partial charge in [0.15, 0.2) is 11.8 Å². The molecule has 0 fully saturated rings. The molecule has 0 saturated heterocycles. The highest BCUT2D eigenvalue weighted by Crippen LogP contribution is 2.13. The highest BCUT2D eigenvalue weighted by Gasteiger charge is 2.29. The minimum absolute atomic E-state index is 0.259. The molecule has 6 heteroatoms. The van der Waals surface area contributed by atoms with Crippen molar-refractivity contribution >= 4 is 11.7 Å². The third-order valence-electron chi connectivity index (χ3n) is 3.29. The van der Waals surface area contributed by atoms with Gasteiger partial charge in [0, 0.05) is 31.5 Å². The van der Waals surface area contributed by atoms with Crippen LogP contribution < -0.4 is 10.9 Å². The van der Waals surface area contributed by atoms with Gasteiger partial charge in [-0.1, -0.05) is 36.4 Å². The summed E-state index contributed by atoms with van der Waals surface area (Å²) in [5.74, 6) is -0.974. The Hall–Kier alpha value is -2.73. The summed E-state index contributed by atoms with van der Waals surface area (Å²) in [6.45, 7) is 0.581. The van der Waals surface area contributed by atoms with Gasteiger partial charge < -0.3 is 10.1 Å². The number of nitrogens with zero attached hydrogens (tertiary/aromatic N) is 1. The maximum absolute atomic E-state index is 12.7. The summed E-state index contributed by atoms with van der Waals surface area (Å²) in [4.78, 5) is 37.2. The first-order valence-electron chi connectivity index (χ1n) is 7.18. The molecule has 1 N–H and O–H groups in total. The molecule has 0 aliphatic carbocycles. The number of hydrogen-bond acceptors (Lipinski definition) is 4. The lowest BCUT2D eigenvalue weighted by Gasteiger charge is -2.18. The average molecular weight is 314 g/mol. The van der Waals surface area contributed by atoms with Crippen molar-refractivity contribution in [3.8, 4) is 0 Å². The normalized spacial score (nSPS) is 11.7. The van der Waals surface area contributed by atoms with E-state index in [1.54, 1.807) is 42.5 Å². The van der Waals surface area contributed by atoms with Crippen LogP contribution in [-0.2, 0) is 9.53 Å². The van der Waals surface area contributed by atoms with E-state index >= 15 is 0 Å². The van der Waals surface area contributed by atoms with Crippen molar-refractivity contribution in [3.05, 3.63) is 70.6 Å². The minimum atomic E-state index is -1.25. The molecule has 0 radical (unpaired) electrons. The van der Waals surface area contributed by atoms with Crippen LogP contribution in [0.25, 0.3) is 0 Å². The summed E-state index contributed by atoms with van der Waals surface area (Å²) in [5, 5.41) is 2.62. The zero-order valence-corrected chi connectivity index (χ0v) is 12.8. The van der Waals surface area contributed by atoms with Crippen LogP contribution in [0.3, 0.4) is 0 Å². The van der Waals surface area contributed by atoms with E-state index in [0.717, 1.165) is 4.57 Å². The minimum Gasteiger partial charge on any atom is -0.383 e. The molecular weight excluding hydrogens is 296 g/mol. The number of rotatable bonds is 7. The van der Waals surface area contributed by atoms with Gasteiger partial charge in [0.1, 0.15) is 0 Å². The zero-order valence-electron chi connectivity index (χ0n) is 12.8. The lowest BCUT2D eigenvalue weighted by Crippen LogP contribution is -2.42. The van der Waals surface area contributed by atoms with Gasteiger partial charge >= 0.3 is 0 Å². The number of Topliss-reactive ketones (excluding diaryl/α,β-unsaturated/α-hetero) is 1. The molecule has 1 aromatic heterocycles. The van der Waals surface area contributed by atoms with E-state index in [2.05, 4.69) is 5.32 Å². The van der Waals surface area contributed by atoms with Crippen LogP contribution in [-0.4, -0.2) is 36.5 Å². The van der Waals surface area contributed by atoms with Crippen LogP contribution in [0.2, 0.25) is 0 Å². The molecule has 2 aromatic rings. The Morgan fingerprint density at radius 2 is 1.83 bits per heavy atom. The maximum Gasteiger partial charge on any atom is 0.251 e. The number of nitrogens with one attached hydrogen (secondary N) is 1. The Morgan fingerprint density at radius 3 is 2.48 bits per heavy atom. The molecule has 0 spiro atoms. The molecule has 23 heavy (non-hydrogen) atoms. The van der Waals surface area contributed by atoms with E-state index < -0.39 is 23.3 Å². The van der Waals surface area contributed by atoms with E-state index in [9.17, 15) is 14.4 Å². The van der Waals surface area contributed by atoms with Crippen LogP contribution in [0.4, 0.5) is 0 Å². The molecule has 0 unspecified atom stereocenters. The largest absolute Gasteiger partial charge is 0.383 e. The van der Waals surface area contributed by atoms with E-state index in [1.165, 1.54) is 19.4 Å². The van der Waals surface area contributed by atoms with Crippen molar-refractivity contribution in [2.75, 3.05) is 20.3 Å². The fraction of sp³-hybridized carbons (Fsp3) is 0.235. The predicted octanol–water partition coefficient (Wildman–Crippen LogP) is 1.03. The van der Waals surface area contributed by atoms with Gasteiger partial charge in [0.25, 0.3) is 11.5 Å². The SMILES string of the molecule is COCCNC(=O)[C@H](C(=O)c1ccccc1)n1ccccc1=O. The summed E-state index contributed by atoms with van der Waals surface area (Å²) >= 11 is 0. The Labute approximate surface area is 133 Å². The van der Waals surface area contributed by atoms with Gasteiger partial charge in [-0.15, -0.1) is 0 Å². The number of hydrogen-bond donors (Lipinski definition) is 1. The van der Waals surface area contributed by atoms with E-state index in [0.29, 0.717) is 12.2 Å². The molecule has 0 saturated carbocycles. The molecule has 1 atom stereocenters. The number of methoxy groups -OCH3 is 1. The van der Waals surface area contributed by atoms with Crippen LogP contribution in [0.5, 0.6) is 0 Å². The van der Waals surface area contributed by atoms with Crippen LogP contribution in [0.1, 0.15) is 16.4 Å². The number of carbonyl (C=O) groups excluding carboxylic acids is 2. The fourth-order valence-corrected chi connectivity index (χ4v) is 2.16. The van der Waals surface area contributed by atoms with Crippen molar-refractivity contribution in [2.45, 2.75) is 6.04 Å². The van der Waals surface area contributed by atoms with Crippen molar-refractivity contribution in [1.82, 2.24) is 9.88 Å². The quantitative estimate of drug-likeness (QED) is 0.470. The molecular formula is C17H18N2O4. The molecule has 1 amide bonds. The Bertz CT molecular complexity index is 725. The first-order valence-corrected chi connectivity index (χ1v) is 7.18. The van der Waals surface area contributed by atoms with Crippen molar-refractivity contribution < 1.29 is 14.3 Å². The summed E-state index contributed by atoms with van der Waals surface area (Å²) in [7, 11) is 1.51. The van der Waals surface area contributed by atoms with Gasteiger partial charge in [0.05, 0.1) is 6.61 Å². The van der Waals surface area contributed by atoms with Crippen LogP contribution in [0, 0.1) is 0 Å². The van der Waals surface area contributed by atoms with Crippen LogP contribution in [0.15, 0.2) is 59.5 Å². The number of carbonyl (C=O) groups is 2. The molecule has 0 aliphatic rings. The van der Waals surface area contributed by atoms with Crippen molar-refractivity contribution in [1.29, 1.82) is 0 Å². The van der Waals surface area contributed by atoms with E-state index in [-0.39, 0.29) is 6.54 Å². The lowest BCUT2D eigenvalue weighted by atomic mass is 10.0. The number of benzene rings is 1.